The fourth-order valence-corrected chi connectivity index (χ4v) is 0.787. The third kappa shape index (κ3) is 6.53. The van der Waals surface area contributed by atoms with Crippen molar-refractivity contribution >= 4 is 5.82 Å². The summed E-state index contributed by atoms with van der Waals surface area (Å²) in [5.74, 6) is 6.13. The van der Waals surface area contributed by atoms with E-state index < -0.39 is 0 Å². The topological polar surface area (TPSA) is 45.1 Å². The second-order valence-electron chi connectivity index (χ2n) is 2.85. The number of anilines is 1. The number of nitrogens with one attached hydrogen (secondary N) is 1. The molecule has 0 aliphatic heterocycles. The molecule has 3 nitrogen and oxygen atoms in total. The fourth-order valence-electron chi connectivity index (χ4n) is 0.787. The minimum Gasteiger partial charge on any atom is -0.384 e. The molecule has 82 valence electrons. The number of pyridine rings is 1. The van der Waals surface area contributed by atoms with Crippen molar-refractivity contribution in [3.8, 4) is 11.8 Å². The van der Waals surface area contributed by atoms with Crippen LogP contribution in [0.3, 0.4) is 0 Å². The van der Waals surface area contributed by atoms with Crippen LogP contribution in [0.25, 0.3) is 0 Å². The Kier molecular flexibility index (Phi) is 8.12. The Morgan fingerprint density at radius 1 is 1.47 bits per heavy atom. The Labute approximate surface area is 91.6 Å². The third-order valence-corrected chi connectivity index (χ3v) is 1.33. The summed E-state index contributed by atoms with van der Waals surface area (Å²) in [6.45, 7) is 4.14. The van der Waals surface area contributed by atoms with Gasteiger partial charge in [0.15, 0.2) is 0 Å². The normalized spacial score (nSPS) is 8.00. The van der Waals surface area contributed by atoms with E-state index in [1.165, 1.54) is 6.42 Å². The lowest BCUT2D eigenvalue weighted by atomic mass is 10.2. The lowest BCUT2D eigenvalue weighted by Gasteiger charge is -1.96. The fraction of sp³-hybridized carbons (Fsp3) is 0.417. The van der Waals surface area contributed by atoms with Crippen LogP contribution in [0.1, 0.15) is 25.8 Å². The number of aliphatic hydroxyl groups is 1. The van der Waals surface area contributed by atoms with Gasteiger partial charge in [0.25, 0.3) is 0 Å². The molecular formula is C12H18N2O. The molecule has 0 aliphatic rings. The summed E-state index contributed by atoms with van der Waals surface area (Å²) in [4.78, 5) is 4.02. The monoisotopic (exact) mass is 206 g/mol. The van der Waals surface area contributed by atoms with Crippen molar-refractivity contribution in [3.05, 3.63) is 23.9 Å². The number of hydrogen-bond acceptors (Lipinski definition) is 3. The van der Waals surface area contributed by atoms with Gasteiger partial charge in [-0.05, 0) is 12.1 Å². The predicted octanol–water partition coefficient (Wildman–Crippen LogP) is 1.88. The molecule has 0 atom stereocenters. The van der Waals surface area contributed by atoms with Gasteiger partial charge < -0.3 is 10.4 Å². The molecule has 0 aliphatic carbocycles. The maximum Gasteiger partial charge on any atom is 0.126 e. The van der Waals surface area contributed by atoms with Crippen LogP contribution in [0, 0.1) is 11.8 Å². The van der Waals surface area contributed by atoms with Crippen molar-refractivity contribution < 1.29 is 5.11 Å². The Bertz CT molecular complexity index is 326. The Morgan fingerprint density at radius 2 is 2.13 bits per heavy atom. The molecule has 1 heterocycles. The molecule has 1 aromatic heterocycles. The summed E-state index contributed by atoms with van der Waals surface area (Å²) in [5, 5.41) is 11.4. The van der Waals surface area contributed by atoms with E-state index >= 15 is 0 Å². The highest BCUT2D eigenvalue weighted by atomic mass is 16.2. The minimum absolute atomic E-state index is 0.114. The van der Waals surface area contributed by atoms with Crippen molar-refractivity contribution in [1.29, 1.82) is 0 Å². The van der Waals surface area contributed by atoms with E-state index in [1.807, 2.05) is 6.07 Å². The lowest BCUT2D eigenvalue weighted by molar-refractivity contribution is 0.350. The van der Waals surface area contributed by atoms with Crippen LogP contribution in [0.15, 0.2) is 18.3 Å². The minimum atomic E-state index is -0.114. The van der Waals surface area contributed by atoms with Crippen molar-refractivity contribution in [2.75, 3.05) is 19.0 Å². The summed E-state index contributed by atoms with van der Waals surface area (Å²) in [6, 6.07) is 3.62. The maximum atomic E-state index is 8.45. The first-order valence-electron chi connectivity index (χ1n) is 5.02. The number of aromatic nitrogens is 1. The van der Waals surface area contributed by atoms with Gasteiger partial charge in [0.05, 0.1) is 0 Å². The molecule has 0 saturated carbocycles. The molecule has 0 amide bonds. The molecule has 0 spiro atoms. The van der Waals surface area contributed by atoms with Crippen LogP contribution in [0.5, 0.6) is 0 Å². The highest BCUT2D eigenvalue weighted by Gasteiger charge is 1.89. The van der Waals surface area contributed by atoms with E-state index in [0.29, 0.717) is 0 Å². The van der Waals surface area contributed by atoms with Crippen molar-refractivity contribution in [2.24, 2.45) is 0 Å². The molecule has 0 radical (unpaired) electrons. The van der Waals surface area contributed by atoms with Crippen molar-refractivity contribution in [2.45, 2.75) is 20.3 Å². The molecular weight excluding hydrogens is 188 g/mol. The largest absolute Gasteiger partial charge is 0.384 e. The van der Waals surface area contributed by atoms with E-state index in [4.69, 9.17) is 5.11 Å². The van der Waals surface area contributed by atoms with E-state index in [-0.39, 0.29) is 6.61 Å². The van der Waals surface area contributed by atoms with Crippen LogP contribution in [-0.2, 0) is 0 Å². The van der Waals surface area contributed by atoms with E-state index in [9.17, 15) is 0 Å². The second kappa shape index (κ2) is 9.04. The molecule has 0 bridgehead atoms. The smallest absolute Gasteiger partial charge is 0.126 e. The first-order valence-corrected chi connectivity index (χ1v) is 5.02. The van der Waals surface area contributed by atoms with E-state index in [0.717, 1.165) is 11.4 Å². The van der Waals surface area contributed by atoms with E-state index in [2.05, 4.69) is 36.0 Å². The zero-order chi connectivity index (χ0) is 11.5. The Morgan fingerprint density at radius 3 is 2.67 bits per heavy atom. The number of aliphatic hydroxyl groups excluding tert-OH is 1. The highest BCUT2D eigenvalue weighted by Crippen LogP contribution is 2.03. The van der Waals surface area contributed by atoms with Gasteiger partial charge >= 0.3 is 0 Å². The highest BCUT2D eigenvalue weighted by molar-refractivity contribution is 5.43. The summed E-state index contributed by atoms with van der Waals surface area (Å²) < 4.78 is 0. The zero-order valence-electron chi connectivity index (χ0n) is 9.54. The molecule has 3 heteroatoms. The van der Waals surface area contributed by atoms with Gasteiger partial charge in [0.1, 0.15) is 12.4 Å². The number of nitrogens with zero attached hydrogens (tertiary/aromatic N) is 1. The first kappa shape index (κ1) is 13.5. The zero-order valence-corrected chi connectivity index (χ0v) is 9.54. The Balaban J connectivity index is 0.000000583. The van der Waals surface area contributed by atoms with Crippen LogP contribution in [0.2, 0.25) is 0 Å². The summed E-state index contributed by atoms with van der Waals surface area (Å²) in [5.41, 5.74) is 0.850. The molecule has 0 fully saturated rings. The van der Waals surface area contributed by atoms with Crippen molar-refractivity contribution in [1.82, 2.24) is 4.98 Å². The molecule has 0 aromatic carbocycles. The van der Waals surface area contributed by atoms with Crippen LogP contribution in [-0.4, -0.2) is 23.7 Å². The molecule has 1 rings (SSSR count). The van der Waals surface area contributed by atoms with Gasteiger partial charge in [-0.3, -0.25) is 0 Å². The molecule has 15 heavy (non-hydrogen) atoms. The molecule has 2 N–H and O–H groups in total. The van der Waals surface area contributed by atoms with Gasteiger partial charge in [-0.2, -0.15) is 0 Å². The molecule has 0 saturated heterocycles. The summed E-state index contributed by atoms with van der Waals surface area (Å²) in [6.07, 6.45) is 2.92. The van der Waals surface area contributed by atoms with Gasteiger partial charge in [0.2, 0.25) is 0 Å². The number of rotatable bonds is 1. The average molecular weight is 206 g/mol. The standard InChI is InChI=1S/C9H10N2O.C3H8/c1-10-9-7-8(3-2-6-12)4-5-11-9;1-3-2/h4-5,7,12H,6H2,1H3,(H,10,11);3H2,1-2H3. The third-order valence-electron chi connectivity index (χ3n) is 1.33. The molecule has 1 aromatic rings. The lowest BCUT2D eigenvalue weighted by Crippen LogP contribution is -1.91. The van der Waals surface area contributed by atoms with Gasteiger partial charge in [-0.15, -0.1) is 0 Å². The van der Waals surface area contributed by atoms with Crippen LogP contribution >= 0.6 is 0 Å². The number of hydrogen-bond donors (Lipinski definition) is 2. The van der Waals surface area contributed by atoms with Gasteiger partial charge in [0, 0.05) is 18.8 Å². The second-order valence-corrected chi connectivity index (χ2v) is 2.85. The van der Waals surface area contributed by atoms with E-state index in [1.54, 1.807) is 19.3 Å². The molecule has 0 unspecified atom stereocenters. The van der Waals surface area contributed by atoms with Crippen LogP contribution < -0.4 is 5.32 Å². The predicted molar refractivity (Wildman–Crippen MR) is 63.7 cm³/mol. The van der Waals surface area contributed by atoms with Gasteiger partial charge in [-0.25, -0.2) is 4.98 Å². The van der Waals surface area contributed by atoms with Crippen LogP contribution in [0.4, 0.5) is 5.82 Å². The first-order chi connectivity index (χ1) is 7.28. The van der Waals surface area contributed by atoms with Gasteiger partial charge in [-0.1, -0.05) is 32.1 Å². The Hall–Kier alpha value is -1.53. The SMILES string of the molecule is CCC.CNc1cc(C#CCO)ccn1. The summed E-state index contributed by atoms with van der Waals surface area (Å²) >= 11 is 0. The quantitative estimate of drug-likeness (QED) is 0.690. The maximum absolute atomic E-state index is 8.45. The summed E-state index contributed by atoms with van der Waals surface area (Å²) in [7, 11) is 1.80. The van der Waals surface area contributed by atoms with Crippen molar-refractivity contribution in [3.63, 3.8) is 0 Å². The average Bonchev–Trinajstić information content (AvgIpc) is 2.28.